The molecule has 1 aliphatic heterocycles. The van der Waals surface area contributed by atoms with E-state index in [-0.39, 0.29) is 11.8 Å². The maximum Gasteiger partial charge on any atom is 0.238 e. The van der Waals surface area contributed by atoms with E-state index in [9.17, 15) is 9.59 Å². The molecule has 0 aromatic carbocycles. The minimum absolute atomic E-state index is 0.108. The van der Waals surface area contributed by atoms with Gasteiger partial charge in [0.2, 0.25) is 11.8 Å². The first-order chi connectivity index (χ1) is 19.6. The van der Waals surface area contributed by atoms with Crippen LogP contribution in [0.3, 0.4) is 0 Å². The predicted molar refractivity (Wildman–Crippen MR) is 172 cm³/mol. The van der Waals surface area contributed by atoms with Crippen LogP contribution in [0, 0.1) is 0 Å². The molecule has 0 aromatic rings. The summed E-state index contributed by atoms with van der Waals surface area (Å²) in [7, 11) is 0. The second-order valence-electron chi connectivity index (χ2n) is 12.3. The fourth-order valence-electron chi connectivity index (χ4n) is 5.72. The highest BCUT2D eigenvalue weighted by Crippen LogP contribution is 2.18. The molecule has 0 aliphatic carbocycles. The number of nitrogens with zero attached hydrogens (tertiary/aromatic N) is 2. The quantitative estimate of drug-likeness (QED) is 0.0731. The van der Waals surface area contributed by atoms with Crippen molar-refractivity contribution in [3.63, 3.8) is 0 Å². The van der Waals surface area contributed by atoms with Crippen molar-refractivity contribution in [2.24, 2.45) is 0 Å². The number of carbonyl (C=O) groups is 2. The lowest BCUT2D eigenvalue weighted by Gasteiger charge is -2.28. The molecule has 0 saturated carbocycles. The Morgan fingerprint density at radius 3 is 1.65 bits per heavy atom. The Bertz CT molecular complexity index is 636. The number of hydrogen-bond acceptors (Lipinski definition) is 3. The lowest BCUT2D eigenvalue weighted by molar-refractivity contribution is -0.139. The van der Waals surface area contributed by atoms with E-state index in [2.05, 4.69) is 30.8 Å². The van der Waals surface area contributed by atoms with Gasteiger partial charge in [0.05, 0.1) is 0 Å². The zero-order valence-electron chi connectivity index (χ0n) is 26.9. The van der Waals surface area contributed by atoms with Crippen molar-refractivity contribution in [2.75, 3.05) is 26.2 Å². The molecule has 1 heterocycles. The average Bonchev–Trinajstić information content (AvgIpc) is 3.31. The molecule has 2 amide bonds. The van der Waals surface area contributed by atoms with Crippen molar-refractivity contribution in [2.45, 2.75) is 174 Å². The van der Waals surface area contributed by atoms with Crippen molar-refractivity contribution in [1.29, 1.82) is 0 Å². The van der Waals surface area contributed by atoms with Gasteiger partial charge >= 0.3 is 0 Å². The highest BCUT2D eigenvalue weighted by atomic mass is 16.2. The van der Waals surface area contributed by atoms with Crippen LogP contribution in [-0.4, -0.2) is 48.0 Å². The fraction of sp³-hybridized carbons (Fsp3) is 0.886. The molecule has 5 heteroatoms. The maximum atomic E-state index is 12.4. The molecule has 0 atom stereocenters. The third-order valence-electron chi connectivity index (χ3n) is 8.47. The van der Waals surface area contributed by atoms with Crippen LogP contribution in [0.4, 0.5) is 0 Å². The number of hydrazine groups is 1. The molecule has 1 N–H and O–H groups in total. The molecule has 234 valence electrons. The first-order valence-corrected chi connectivity index (χ1v) is 17.6. The largest absolute Gasteiger partial charge is 0.356 e. The summed E-state index contributed by atoms with van der Waals surface area (Å²) in [5, 5.41) is 7.04. The van der Waals surface area contributed by atoms with Gasteiger partial charge in [0.15, 0.2) is 0 Å². The zero-order valence-corrected chi connectivity index (χ0v) is 26.9. The minimum atomic E-state index is 0.108. The summed E-state index contributed by atoms with van der Waals surface area (Å²) < 4.78 is 0. The van der Waals surface area contributed by atoms with Gasteiger partial charge in [-0.3, -0.25) is 14.6 Å². The SMILES string of the molecule is C=C(CCCCCCCCCCCCC)CCN1C(=O)CCN1CCC(=O)NCCCCCCCCCCCC. The highest BCUT2D eigenvalue weighted by Gasteiger charge is 2.28. The van der Waals surface area contributed by atoms with Gasteiger partial charge in [-0.1, -0.05) is 148 Å². The van der Waals surface area contributed by atoms with Gasteiger partial charge in [0, 0.05) is 39.0 Å². The first-order valence-electron chi connectivity index (χ1n) is 17.6. The predicted octanol–water partition coefficient (Wildman–Crippen LogP) is 9.51. The minimum Gasteiger partial charge on any atom is -0.356 e. The second-order valence-corrected chi connectivity index (χ2v) is 12.3. The number of rotatable bonds is 29. The van der Waals surface area contributed by atoms with Crippen molar-refractivity contribution in [1.82, 2.24) is 15.3 Å². The third kappa shape index (κ3) is 20.5. The Morgan fingerprint density at radius 1 is 0.650 bits per heavy atom. The maximum absolute atomic E-state index is 12.4. The summed E-state index contributed by atoms with van der Waals surface area (Å²) in [5.74, 6) is 0.296. The standard InChI is InChI=1S/C35H67N3O2/c1-4-6-8-10-12-14-16-17-19-21-23-25-33(3)26-32-38-35(40)28-31-37(38)30-27-34(39)36-29-24-22-20-18-15-13-11-9-7-5-2/h3-32H2,1-2H3,(H,36,39). The Morgan fingerprint density at radius 2 is 1.12 bits per heavy atom. The third-order valence-corrected chi connectivity index (χ3v) is 8.47. The molecule has 1 rings (SSSR count). The van der Waals surface area contributed by atoms with Gasteiger partial charge in [0.1, 0.15) is 0 Å². The molecule has 0 bridgehead atoms. The summed E-state index contributed by atoms with van der Waals surface area (Å²) in [4.78, 5) is 24.8. The molecular formula is C35H67N3O2. The van der Waals surface area contributed by atoms with Gasteiger partial charge in [-0.2, -0.15) is 0 Å². The van der Waals surface area contributed by atoms with Crippen LogP contribution in [0.1, 0.15) is 174 Å². The van der Waals surface area contributed by atoms with E-state index in [0.29, 0.717) is 25.9 Å². The molecule has 0 aromatic heterocycles. The highest BCUT2D eigenvalue weighted by molar-refractivity contribution is 5.78. The lowest BCUT2D eigenvalue weighted by Crippen LogP contribution is -2.41. The summed E-state index contributed by atoms with van der Waals surface area (Å²) in [6.45, 7) is 11.7. The number of amides is 2. The van der Waals surface area contributed by atoms with Gasteiger partial charge in [0.25, 0.3) is 0 Å². The normalized spacial score (nSPS) is 13.8. The molecule has 1 fully saturated rings. The van der Waals surface area contributed by atoms with Crippen molar-refractivity contribution < 1.29 is 9.59 Å². The number of carbonyl (C=O) groups excluding carboxylic acids is 2. The van der Waals surface area contributed by atoms with Crippen molar-refractivity contribution in [3.8, 4) is 0 Å². The van der Waals surface area contributed by atoms with E-state index >= 15 is 0 Å². The summed E-state index contributed by atoms with van der Waals surface area (Å²) in [5.41, 5.74) is 1.25. The number of hydrogen-bond donors (Lipinski definition) is 1. The Hall–Kier alpha value is -1.36. The summed E-state index contributed by atoms with van der Waals surface area (Å²) in [6.07, 6.45) is 31.0. The van der Waals surface area contributed by atoms with E-state index in [4.69, 9.17) is 0 Å². The van der Waals surface area contributed by atoms with Crippen LogP contribution in [-0.2, 0) is 9.59 Å². The summed E-state index contributed by atoms with van der Waals surface area (Å²) >= 11 is 0. The van der Waals surface area contributed by atoms with Gasteiger partial charge in [-0.25, -0.2) is 5.01 Å². The smallest absolute Gasteiger partial charge is 0.238 e. The Labute approximate surface area is 249 Å². The first kappa shape index (κ1) is 36.7. The van der Waals surface area contributed by atoms with Crippen LogP contribution in [0.15, 0.2) is 12.2 Å². The fourth-order valence-corrected chi connectivity index (χ4v) is 5.72. The van der Waals surface area contributed by atoms with Crippen LogP contribution < -0.4 is 5.32 Å². The molecule has 5 nitrogen and oxygen atoms in total. The average molecular weight is 562 g/mol. The van der Waals surface area contributed by atoms with Gasteiger partial charge in [-0.15, -0.1) is 0 Å². The van der Waals surface area contributed by atoms with Crippen LogP contribution in [0.5, 0.6) is 0 Å². The van der Waals surface area contributed by atoms with Crippen LogP contribution >= 0.6 is 0 Å². The molecule has 40 heavy (non-hydrogen) atoms. The molecular weight excluding hydrogens is 494 g/mol. The van der Waals surface area contributed by atoms with Gasteiger partial charge < -0.3 is 5.32 Å². The molecule has 0 unspecified atom stereocenters. The molecule has 0 spiro atoms. The van der Waals surface area contributed by atoms with E-state index < -0.39 is 0 Å². The molecule has 1 saturated heterocycles. The van der Waals surface area contributed by atoms with Crippen LogP contribution in [0.2, 0.25) is 0 Å². The van der Waals surface area contributed by atoms with Gasteiger partial charge in [-0.05, 0) is 25.7 Å². The van der Waals surface area contributed by atoms with E-state index in [1.807, 2.05) is 5.01 Å². The zero-order chi connectivity index (χ0) is 29.1. The van der Waals surface area contributed by atoms with E-state index in [1.54, 1.807) is 0 Å². The topological polar surface area (TPSA) is 52.7 Å². The van der Waals surface area contributed by atoms with Crippen molar-refractivity contribution >= 4 is 11.8 Å². The van der Waals surface area contributed by atoms with E-state index in [0.717, 1.165) is 32.4 Å². The lowest BCUT2D eigenvalue weighted by atomic mass is 10.0. The van der Waals surface area contributed by atoms with Crippen molar-refractivity contribution in [3.05, 3.63) is 12.2 Å². The monoisotopic (exact) mass is 562 g/mol. The number of nitrogens with one attached hydrogen (secondary N) is 1. The molecule has 1 aliphatic rings. The number of unbranched alkanes of at least 4 members (excludes halogenated alkanes) is 19. The second kappa shape index (κ2) is 26.5. The van der Waals surface area contributed by atoms with Crippen LogP contribution in [0.25, 0.3) is 0 Å². The van der Waals surface area contributed by atoms with E-state index in [1.165, 1.54) is 134 Å². The summed E-state index contributed by atoms with van der Waals surface area (Å²) in [6, 6.07) is 0. The Kier molecular flexibility index (Phi) is 24.3. The molecule has 0 radical (unpaired) electrons. The Balaban J connectivity index is 2.02.